The summed E-state index contributed by atoms with van der Waals surface area (Å²) in [5.41, 5.74) is 0.227. The van der Waals surface area contributed by atoms with Gasteiger partial charge in [-0.2, -0.15) is 15.0 Å². The predicted molar refractivity (Wildman–Crippen MR) is 82.9 cm³/mol. The smallest absolute Gasteiger partial charge is 0.231 e. The summed E-state index contributed by atoms with van der Waals surface area (Å²) in [5.74, 6) is 1.26. The van der Waals surface area contributed by atoms with Crippen LogP contribution >= 0.6 is 11.6 Å². The van der Waals surface area contributed by atoms with Gasteiger partial charge in [-0.25, -0.2) is 0 Å². The van der Waals surface area contributed by atoms with Crippen molar-refractivity contribution in [1.82, 2.24) is 15.0 Å². The van der Waals surface area contributed by atoms with E-state index < -0.39 is 0 Å². The molecule has 1 aromatic heterocycles. The highest BCUT2D eigenvalue weighted by Crippen LogP contribution is 2.29. The molecule has 3 rings (SSSR count). The highest BCUT2D eigenvalue weighted by atomic mass is 35.5. The maximum Gasteiger partial charge on any atom is 0.231 e. The molecular formula is C14H22ClN5O. The van der Waals surface area contributed by atoms with Crippen LogP contribution in [-0.4, -0.2) is 47.8 Å². The number of aromatic nitrogens is 3. The highest BCUT2D eigenvalue weighted by molar-refractivity contribution is 6.28. The summed E-state index contributed by atoms with van der Waals surface area (Å²) in [4.78, 5) is 15.1. The molecule has 116 valence electrons. The Morgan fingerprint density at radius 1 is 1.19 bits per heavy atom. The first kappa shape index (κ1) is 14.8. The summed E-state index contributed by atoms with van der Waals surface area (Å²) < 4.78 is 5.43. The van der Waals surface area contributed by atoms with E-state index in [0.717, 1.165) is 45.7 Å². The summed E-state index contributed by atoms with van der Waals surface area (Å²) in [6, 6.07) is 0. The molecule has 2 aliphatic heterocycles. The lowest BCUT2D eigenvalue weighted by Crippen LogP contribution is -2.33. The lowest BCUT2D eigenvalue weighted by atomic mass is 9.82. The lowest BCUT2D eigenvalue weighted by Gasteiger charge is -2.33. The molecule has 0 aliphatic carbocycles. The first-order valence-electron chi connectivity index (χ1n) is 7.63. The van der Waals surface area contributed by atoms with E-state index in [1.807, 2.05) is 0 Å². The molecule has 21 heavy (non-hydrogen) atoms. The van der Waals surface area contributed by atoms with Gasteiger partial charge in [0.2, 0.25) is 17.2 Å². The second-order valence-electron chi connectivity index (χ2n) is 6.20. The Hall–Kier alpha value is -1.14. The molecule has 1 aromatic rings. The van der Waals surface area contributed by atoms with Crippen molar-refractivity contribution in [2.75, 3.05) is 43.1 Å². The number of hydrogen-bond donors (Lipinski definition) is 1. The number of rotatable bonds is 4. The van der Waals surface area contributed by atoms with Crippen molar-refractivity contribution in [2.24, 2.45) is 5.41 Å². The van der Waals surface area contributed by atoms with Gasteiger partial charge in [-0.15, -0.1) is 0 Å². The Kier molecular flexibility index (Phi) is 4.45. The Labute approximate surface area is 130 Å². The highest BCUT2D eigenvalue weighted by Gasteiger charge is 2.27. The first-order valence-corrected chi connectivity index (χ1v) is 8.01. The molecule has 6 nitrogen and oxygen atoms in total. The van der Waals surface area contributed by atoms with Crippen LogP contribution in [0.15, 0.2) is 0 Å². The molecule has 0 bridgehead atoms. The van der Waals surface area contributed by atoms with E-state index in [9.17, 15) is 0 Å². The predicted octanol–water partition coefficient (Wildman–Crippen LogP) is 2.35. The lowest BCUT2D eigenvalue weighted by molar-refractivity contribution is 0.0299. The Bertz CT molecular complexity index is 486. The number of nitrogens with zero attached hydrogens (tertiary/aromatic N) is 4. The van der Waals surface area contributed by atoms with Crippen LogP contribution in [0.4, 0.5) is 11.9 Å². The van der Waals surface area contributed by atoms with Crippen LogP contribution < -0.4 is 10.2 Å². The minimum Gasteiger partial charge on any atom is -0.381 e. The van der Waals surface area contributed by atoms with Gasteiger partial charge < -0.3 is 15.0 Å². The van der Waals surface area contributed by atoms with Gasteiger partial charge in [-0.05, 0) is 42.7 Å². The maximum atomic E-state index is 6.04. The van der Waals surface area contributed by atoms with Crippen LogP contribution in [0, 0.1) is 5.41 Å². The fourth-order valence-electron chi connectivity index (χ4n) is 2.81. The quantitative estimate of drug-likeness (QED) is 0.921. The number of hydrogen-bond acceptors (Lipinski definition) is 6. The van der Waals surface area contributed by atoms with Crippen molar-refractivity contribution in [3.05, 3.63) is 5.28 Å². The summed E-state index contributed by atoms with van der Waals surface area (Å²) >= 11 is 6.04. The third kappa shape index (κ3) is 3.74. The zero-order valence-corrected chi connectivity index (χ0v) is 13.2. The van der Waals surface area contributed by atoms with Crippen molar-refractivity contribution in [3.63, 3.8) is 0 Å². The molecule has 0 radical (unpaired) electrons. The summed E-state index contributed by atoms with van der Waals surface area (Å²) in [6.07, 6.45) is 4.48. The number of nitrogens with one attached hydrogen (secondary N) is 1. The molecule has 2 fully saturated rings. The average Bonchev–Trinajstić information content (AvgIpc) is 3.00. The normalized spacial score (nSPS) is 21.5. The molecule has 2 aliphatic rings. The molecule has 0 atom stereocenters. The van der Waals surface area contributed by atoms with Crippen LogP contribution in [0.5, 0.6) is 0 Å². The fraction of sp³-hybridized carbons (Fsp3) is 0.786. The number of halogens is 1. The van der Waals surface area contributed by atoms with E-state index in [2.05, 4.69) is 32.1 Å². The van der Waals surface area contributed by atoms with Gasteiger partial charge in [0.1, 0.15) is 0 Å². The Morgan fingerprint density at radius 3 is 2.62 bits per heavy atom. The number of ether oxygens (including phenoxy) is 1. The van der Waals surface area contributed by atoms with Crippen LogP contribution in [0.2, 0.25) is 5.28 Å². The van der Waals surface area contributed by atoms with E-state index in [4.69, 9.17) is 16.3 Å². The minimum atomic E-state index is 0.227. The maximum absolute atomic E-state index is 6.04. The number of anilines is 2. The van der Waals surface area contributed by atoms with Gasteiger partial charge in [0.15, 0.2) is 0 Å². The third-order valence-electron chi connectivity index (χ3n) is 4.36. The van der Waals surface area contributed by atoms with Crippen molar-refractivity contribution in [2.45, 2.75) is 32.6 Å². The minimum absolute atomic E-state index is 0.227. The SMILES string of the molecule is CC1(CNc2nc(Cl)nc(N3CCCC3)n2)CCOCC1. The zero-order valence-electron chi connectivity index (χ0n) is 12.4. The average molecular weight is 312 g/mol. The molecule has 3 heterocycles. The van der Waals surface area contributed by atoms with Gasteiger partial charge >= 0.3 is 0 Å². The molecule has 0 spiro atoms. The second kappa shape index (κ2) is 6.32. The van der Waals surface area contributed by atoms with Crippen molar-refractivity contribution < 1.29 is 4.74 Å². The molecule has 1 N–H and O–H groups in total. The largest absolute Gasteiger partial charge is 0.381 e. The zero-order chi connectivity index (χ0) is 14.7. The fourth-order valence-corrected chi connectivity index (χ4v) is 2.97. The first-order chi connectivity index (χ1) is 10.1. The van der Waals surface area contributed by atoms with Crippen molar-refractivity contribution >= 4 is 23.5 Å². The van der Waals surface area contributed by atoms with E-state index in [1.165, 1.54) is 12.8 Å². The van der Waals surface area contributed by atoms with Gasteiger partial charge in [-0.1, -0.05) is 6.92 Å². The van der Waals surface area contributed by atoms with Crippen LogP contribution in [0.1, 0.15) is 32.6 Å². The summed E-state index contributed by atoms with van der Waals surface area (Å²) in [7, 11) is 0. The molecule has 0 saturated carbocycles. The van der Waals surface area contributed by atoms with E-state index in [0.29, 0.717) is 11.9 Å². The van der Waals surface area contributed by atoms with Gasteiger partial charge in [-0.3, -0.25) is 0 Å². The molecule has 0 unspecified atom stereocenters. The summed E-state index contributed by atoms with van der Waals surface area (Å²) in [5, 5.41) is 3.59. The van der Waals surface area contributed by atoms with Gasteiger partial charge in [0.25, 0.3) is 0 Å². The molecular weight excluding hydrogens is 290 g/mol. The van der Waals surface area contributed by atoms with Crippen molar-refractivity contribution in [3.8, 4) is 0 Å². The van der Waals surface area contributed by atoms with E-state index in [-0.39, 0.29) is 10.7 Å². The Morgan fingerprint density at radius 2 is 1.90 bits per heavy atom. The topological polar surface area (TPSA) is 63.2 Å². The standard InChI is InChI=1S/C14H22ClN5O/c1-14(4-8-21-9-5-14)10-16-12-17-11(15)18-13(19-12)20-6-2-3-7-20/h2-10H2,1H3,(H,16,17,18,19). The third-order valence-corrected chi connectivity index (χ3v) is 4.53. The summed E-state index contributed by atoms with van der Waals surface area (Å²) in [6.45, 7) is 6.75. The van der Waals surface area contributed by atoms with Crippen LogP contribution in [-0.2, 0) is 4.74 Å². The second-order valence-corrected chi connectivity index (χ2v) is 6.54. The van der Waals surface area contributed by atoms with Crippen molar-refractivity contribution in [1.29, 1.82) is 0 Å². The molecule has 0 amide bonds. The molecule has 0 aromatic carbocycles. The van der Waals surface area contributed by atoms with Gasteiger partial charge in [0.05, 0.1) is 0 Å². The monoisotopic (exact) mass is 311 g/mol. The molecule has 2 saturated heterocycles. The van der Waals surface area contributed by atoms with Gasteiger partial charge in [0, 0.05) is 32.8 Å². The molecule has 7 heteroatoms. The van der Waals surface area contributed by atoms with E-state index in [1.54, 1.807) is 0 Å². The van der Waals surface area contributed by atoms with Crippen LogP contribution in [0.3, 0.4) is 0 Å². The van der Waals surface area contributed by atoms with Crippen LogP contribution in [0.25, 0.3) is 0 Å². The Balaban J connectivity index is 1.67. The van der Waals surface area contributed by atoms with E-state index >= 15 is 0 Å².